The van der Waals surface area contributed by atoms with E-state index in [4.69, 9.17) is 0 Å². The molecule has 0 bridgehead atoms. The molecule has 0 fully saturated rings. The van der Waals surface area contributed by atoms with Crippen LogP contribution in [0, 0.1) is 0 Å². The van der Waals surface area contributed by atoms with Crippen LogP contribution in [0.25, 0.3) is 4.96 Å². The summed E-state index contributed by atoms with van der Waals surface area (Å²) in [6.07, 6.45) is 5.12. The summed E-state index contributed by atoms with van der Waals surface area (Å²) in [5.41, 5.74) is 0.270. The van der Waals surface area contributed by atoms with E-state index in [1.165, 1.54) is 11.3 Å². The summed E-state index contributed by atoms with van der Waals surface area (Å²) in [6.45, 7) is 7.15. The van der Waals surface area contributed by atoms with Gasteiger partial charge in [-0.2, -0.15) is 0 Å². The zero-order chi connectivity index (χ0) is 14.7. The number of carboxylic acid groups (broad SMARTS) is 1. The van der Waals surface area contributed by atoms with Crippen LogP contribution in [0.4, 0.5) is 5.82 Å². The van der Waals surface area contributed by atoms with Crippen molar-refractivity contribution in [2.45, 2.75) is 46.1 Å². The summed E-state index contributed by atoms with van der Waals surface area (Å²) >= 11 is 1.46. The number of anilines is 1. The smallest absolute Gasteiger partial charge is 0.356 e. The van der Waals surface area contributed by atoms with Gasteiger partial charge in [0, 0.05) is 24.2 Å². The number of unbranched alkanes of at least 4 members (excludes halogenated alkanes) is 2. The molecule has 2 aromatic heterocycles. The summed E-state index contributed by atoms with van der Waals surface area (Å²) in [4.78, 5) is 18.9. The third-order valence-electron chi connectivity index (χ3n) is 3.34. The number of rotatable bonds is 7. The Balaban J connectivity index is 2.39. The van der Waals surface area contributed by atoms with Gasteiger partial charge < -0.3 is 10.0 Å². The van der Waals surface area contributed by atoms with Gasteiger partial charge in [-0.1, -0.05) is 19.8 Å². The molecule has 2 rings (SSSR count). The summed E-state index contributed by atoms with van der Waals surface area (Å²) < 4.78 is 1.66. The van der Waals surface area contributed by atoms with Crippen LogP contribution in [0.5, 0.6) is 0 Å². The fraction of sp³-hybridized carbons (Fsp3) is 0.571. The van der Waals surface area contributed by atoms with Gasteiger partial charge in [0.2, 0.25) is 0 Å². The number of aromatic nitrogens is 2. The van der Waals surface area contributed by atoms with E-state index in [0.717, 1.165) is 30.8 Å². The van der Waals surface area contributed by atoms with Gasteiger partial charge in [-0.25, -0.2) is 9.78 Å². The summed E-state index contributed by atoms with van der Waals surface area (Å²) in [6, 6.07) is 0.231. The van der Waals surface area contributed by atoms with Gasteiger partial charge in [-0.05, 0) is 20.3 Å². The Labute approximate surface area is 122 Å². The number of carbonyl (C=O) groups is 1. The lowest BCUT2D eigenvalue weighted by Gasteiger charge is -2.27. The quantitative estimate of drug-likeness (QED) is 0.794. The molecule has 0 radical (unpaired) electrons. The van der Waals surface area contributed by atoms with Gasteiger partial charge in [-0.15, -0.1) is 11.3 Å². The Kier molecular flexibility index (Phi) is 4.65. The molecule has 0 aliphatic heterocycles. The van der Waals surface area contributed by atoms with Crippen LogP contribution in [0.2, 0.25) is 0 Å². The Hall–Kier alpha value is -1.56. The fourth-order valence-corrected chi connectivity index (χ4v) is 3.02. The first-order chi connectivity index (χ1) is 9.56. The van der Waals surface area contributed by atoms with Crippen molar-refractivity contribution in [1.82, 2.24) is 9.38 Å². The van der Waals surface area contributed by atoms with Crippen molar-refractivity contribution >= 4 is 28.1 Å². The first-order valence-corrected chi connectivity index (χ1v) is 7.89. The molecule has 20 heavy (non-hydrogen) atoms. The lowest BCUT2D eigenvalue weighted by atomic mass is 10.2. The van der Waals surface area contributed by atoms with Crippen LogP contribution < -0.4 is 4.90 Å². The number of hydrogen-bond acceptors (Lipinski definition) is 4. The Morgan fingerprint density at radius 3 is 2.85 bits per heavy atom. The molecule has 0 amide bonds. The minimum Gasteiger partial charge on any atom is -0.476 e. The maximum absolute atomic E-state index is 11.6. The summed E-state index contributed by atoms with van der Waals surface area (Å²) in [5, 5.41) is 11.3. The molecule has 6 heteroatoms. The van der Waals surface area contributed by atoms with Crippen molar-refractivity contribution in [2.24, 2.45) is 0 Å². The van der Waals surface area contributed by atoms with E-state index in [1.807, 2.05) is 5.38 Å². The first kappa shape index (κ1) is 14.8. The average Bonchev–Trinajstić information content (AvgIpc) is 2.93. The van der Waals surface area contributed by atoms with Crippen molar-refractivity contribution in [3.05, 3.63) is 17.3 Å². The molecule has 0 atom stereocenters. The van der Waals surface area contributed by atoms with E-state index in [0.29, 0.717) is 5.82 Å². The summed E-state index contributed by atoms with van der Waals surface area (Å²) in [7, 11) is 0. The lowest BCUT2D eigenvalue weighted by Crippen LogP contribution is -2.33. The molecule has 0 aromatic carbocycles. The van der Waals surface area contributed by atoms with Gasteiger partial charge in [-0.3, -0.25) is 4.40 Å². The molecule has 110 valence electrons. The molecule has 5 nitrogen and oxygen atoms in total. The minimum atomic E-state index is -0.924. The molecule has 0 aliphatic rings. The molecule has 2 heterocycles. The predicted octanol–water partition coefficient (Wildman–Crippen LogP) is 3.50. The van der Waals surface area contributed by atoms with Crippen LogP contribution in [-0.4, -0.2) is 33.0 Å². The van der Waals surface area contributed by atoms with Crippen molar-refractivity contribution in [2.75, 3.05) is 11.4 Å². The molecule has 0 saturated heterocycles. The Bertz CT molecular complexity index is 588. The molecule has 2 aromatic rings. The predicted molar refractivity (Wildman–Crippen MR) is 82.0 cm³/mol. The van der Waals surface area contributed by atoms with Crippen LogP contribution in [0.1, 0.15) is 50.5 Å². The van der Waals surface area contributed by atoms with Crippen LogP contribution in [0.3, 0.4) is 0 Å². The molecule has 0 unspecified atom stereocenters. The van der Waals surface area contributed by atoms with Crippen molar-refractivity contribution in [1.29, 1.82) is 0 Å². The highest BCUT2D eigenvalue weighted by Gasteiger charge is 2.25. The minimum absolute atomic E-state index is 0.231. The number of thiazole rings is 1. The fourth-order valence-electron chi connectivity index (χ4n) is 2.31. The monoisotopic (exact) mass is 295 g/mol. The van der Waals surface area contributed by atoms with Gasteiger partial charge in [0.1, 0.15) is 0 Å². The molecular formula is C14H21N3O2S. The van der Waals surface area contributed by atoms with Gasteiger partial charge in [0.05, 0.1) is 0 Å². The Morgan fingerprint density at radius 1 is 1.50 bits per heavy atom. The first-order valence-electron chi connectivity index (χ1n) is 7.01. The SMILES string of the molecule is CCCCCN(c1nc2sccn2c1C(=O)O)C(C)C. The maximum Gasteiger partial charge on any atom is 0.356 e. The van der Waals surface area contributed by atoms with Crippen LogP contribution in [0.15, 0.2) is 11.6 Å². The lowest BCUT2D eigenvalue weighted by molar-refractivity contribution is 0.0690. The topological polar surface area (TPSA) is 57.8 Å². The van der Waals surface area contributed by atoms with Crippen molar-refractivity contribution in [3.8, 4) is 0 Å². The van der Waals surface area contributed by atoms with Crippen molar-refractivity contribution < 1.29 is 9.90 Å². The second kappa shape index (κ2) is 6.26. The largest absolute Gasteiger partial charge is 0.476 e. The zero-order valence-corrected chi connectivity index (χ0v) is 13.0. The van der Waals surface area contributed by atoms with Crippen LogP contribution in [-0.2, 0) is 0 Å². The second-order valence-corrected chi connectivity index (χ2v) is 6.01. The Morgan fingerprint density at radius 2 is 2.25 bits per heavy atom. The number of fused-ring (bicyclic) bond motifs is 1. The second-order valence-electron chi connectivity index (χ2n) is 5.14. The van der Waals surface area contributed by atoms with E-state index in [2.05, 4.69) is 30.7 Å². The highest BCUT2D eigenvalue weighted by atomic mass is 32.1. The highest BCUT2D eigenvalue weighted by molar-refractivity contribution is 7.15. The zero-order valence-electron chi connectivity index (χ0n) is 12.2. The number of imidazole rings is 1. The van der Waals surface area contributed by atoms with Crippen LogP contribution >= 0.6 is 11.3 Å². The number of aromatic carboxylic acids is 1. The van der Waals surface area contributed by atoms with E-state index in [9.17, 15) is 9.90 Å². The number of hydrogen-bond donors (Lipinski definition) is 1. The molecule has 1 N–H and O–H groups in total. The third kappa shape index (κ3) is 2.80. The average molecular weight is 295 g/mol. The number of nitrogens with zero attached hydrogens (tertiary/aromatic N) is 3. The standard InChI is InChI=1S/C14H21N3O2S/c1-4-5-6-7-16(10(2)3)12-11(13(18)19)17-8-9-20-14(17)15-12/h8-10H,4-7H2,1-3H3,(H,18,19). The van der Waals surface area contributed by atoms with E-state index in [1.54, 1.807) is 10.6 Å². The number of carboxylic acids is 1. The van der Waals surface area contributed by atoms with Crippen molar-refractivity contribution in [3.63, 3.8) is 0 Å². The van der Waals surface area contributed by atoms with E-state index < -0.39 is 5.97 Å². The molecular weight excluding hydrogens is 274 g/mol. The maximum atomic E-state index is 11.6. The van der Waals surface area contributed by atoms with Gasteiger partial charge in [0.25, 0.3) is 0 Å². The van der Waals surface area contributed by atoms with E-state index in [-0.39, 0.29) is 11.7 Å². The molecule has 0 aliphatic carbocycles. The van der Waals surface area contributed by atoms with E-state index >= 15 is 0 Å². The third-order valence-corrected chi connectivity index (χ3v) is 4.10. The summed E-state index contributed by atoms with van der Waals surface area (Å²) in [5.74, 6) is -0.331. The molecule has 0 saturated carbocycles. The van der Waals surface area contributed by atoms with Gasteiger partial charge >= 0.3 is 5.97 Å². The highest BCUT2D eigenvalue weighted by Crippen LogP contribution is 2.26. The molecule has 0 spiro atoms. The normalized spacial score (nSPS) is 11.4. The van der Waals surface area contributed by atoms with Gasteiger partial charge in [0.15, 0.2) is 16.5 Å².